The number of aryl methyl sites for hydroxylation is 1. The highest BCUT2D eigenvalue weighted by Crippen LogP contribution is 2.24. The third-order valence-electron chi connectivity index (χ3n) is 3.61. The summed E-state index contributed by atoms with van der Waals surface area (Å²) in [5.41, 5.74) is 2.93. The molecular weight excluding hydrogens is 312 g/mol. The molecule has 0 aromatic heterocycles. The minimum Gasteiger partial charge on any atom is -0.468 e. The molecule has 6 heteroatoms. The molecule has 0 radical (unpaired) electrons. The van der Waals surface area contributed by atoms with Crippen LogP contribution in [0.15, 0.2) is 18.2 Å². The predicted octanol–water partition coefficient (Wildman–Crippen LogP) is 2.84. The van der Waals surface area contributed by atoms with Crippen molar-refractivity contribution in [1.82, 2.24) is 0 Å². The number of nitrogens with zero attached hydrogens (tertiary/aromatic N) is 2. The third kappa shape index (κ3) is 5.29. The van der Waals surface area contributed by atoms with Crippen molar-refractivity contribution in [2.45, 2.75) is 32.4 Å². The molecule has 0 aliphatic rings. The summed E-state index contributed by atoms with van der Waals surface area (Å²) in [6.45, 7) is 6.00. The number of nitriles is 1. The molecule has 1 aromatic carbocycles. The number of amides is 1. The van der Waals surface area contributed by atoms with E-state index in [0.29, 0.717) is 6.54 Å². The number of hydrogen-bond acceptors (Lipinski definition) is 5. The van der Waals surface area contributed by atoms with Crippen molar-refractivity contribution < 1.29 is 14.3 Å². The van der Waals surface area contributed by atoms with Crippen LogP contribution in [0.1, 0.15) is 24.5 Å². The van der Waals surface area contributed by atoms with Gasteiger partial charge in [-0.25, -0.2) is 0 Å². The van der Waals surface area contributed by atoms with Crippen LogP contribution < -0.4 is 4.90 Å². The number of carbonyl (C=O) groups is 2. The Labute approximate surface area is 141 Å². The van der Waals surface area contributed by atoms with Gasteiger partial charge >= 0.3 is 5.97 Å². The summed E-state index contributed by atoms with van der Waals surface area (Å²) in [5, 5.41) is 8.43. The van der Waals surface area contributed by atoms with E-state index >= 15 is 0 Å². The van der Waals surface area contributed by atoms with Gasteiger partial charge in [0.05, 0.1) is 25.4 Å². The van der Waals surface area contributed by atoms with Gasteiger partial charge in [-0.15, -0.1) is 11.8 Å². The van der Waals surface area contributed by atoms with Gasteiger partial charge in [0, 0.05) is 12.2 Å². The molecule has 0 N–H and O–H groups in total. The van der Waals surface area contributed by atoms with Crippen LogP contribution in [-0.4, -0.2) is 36.5 Å². The summed E-state index contributed by atoms with van der Waals surface area (Å²) < 4.78 is 4.66. The van der Waals surface area contributed by atoms with Crippen molar-refractivity contribution in [3.8, 4) is 6.07 Å². The van der Waals surface area contributed by atoms with Gasteiger partial charge in [0.2, 0.25) is 5.91 Å². The Bertz CT molecular complexity index is 610. The maximum absolute atomic E-state index is 12.6. The van der Waals surface area contributed by atoms with Crippen LogP contribution in [0, 0.1) is 25.2 Å². The normalized spacial score (nSPS) is 11.4. The van der Waals surface area contributed by atoms with Crippen molar-refractivity contribution in [2.24, 2.45) is 0 Å². The SMILES string of the molecule is COC(=O)C(C)SCC(=O)N(CCC#N)c1cccc(C)c1C. The van der Waals surface area contributed by atoms with Gasteiger partial charge in [0.15, 0.2) is 0 Å². The quantitative estimate of drug-likeness (QED) is 0.717. The maximum atomic E-state index is 12.6. The van der Waals surface area contributed by atoms with Crippen molar-refractivity contribution in [3.05, 3.63) is 29.3 Å². The number of methoxy groups -OCH3 is 1. The lowest BCUT2D eigenvalue weighted by Gasteiger charge is -2.24. The van der Waals surface area contributed by atoms with E-state index in [1.807, 2.05) is 32.0 Å². The Morgan fingerprint density at radius 3 is 2.70 bits per heavy atom. The fourth-order valence-corrected chi connectivity index (χ4v) is 2.86. The van der Waals surface area contributed by atoms with E-state index < -0.39 is 5.25 Å². The largest absolute Gasteiger partial charge is 0.468 e. The summed E-state index contributed by atoms with van der Waals surface area (Å²) in [7, 11) is 1.33. The first-order valence-electron chi connectivity index (χ1n) is 7.35. The Balaban J connectivity index is 2.89. The predicted molar refractivity (Wildman–Crippen MR) is 92.4 cm³/mol. The third-order valence-corrected chi connectivity index (χ3v) is 4.71. The average molecular weight is 334 g/mol. The molecule has 0 saturated heterocycles. The van der Waals surface area contributed by atoms with Crippen LogP contribution in [0.2, 0.25) is 0 Å². The first-order valence-corrected chi connectivity index (χ1v) is 8.40. The second kappa shape index (κ2) is 9.21. The highest BCUT2D eigenvalue weighted by atomic mass is 32.2. The monoisotopic (exact) mass is 334 g/mol. The average Bonchev–Trinajstić information content (AvgIpc) is 2.55. The standard InChI is InChI=1S/C17H22N2O3S/c1-12-7-5-8-15(13(12)2)19(10-6-9-18)16(20)11-23-14(3)17(21)22-4/h5,7-8,14H,6,10-11H2,1-4H3. The van der Waals surface area contributed by atoms with Crippen molar-refractivity contribution >= 4 is 29.3 Å². The van der Waals surface area contributed by atoms with E-state index in [2.05, 4.69) is 10.8 Å². The second-order valence-corrected chi connectivity index (χ2v) is 6.48. The van der Waals surface area contributed by atoms with E-state index in [9.17, 15) is 9.59 Å². The highest BCUT2D eigenvalue weighted by Gasteiger charge is 2.21. The molecular formula is C17H22N2O3S. The second-order valence-electron chi connectivity index (χ2n) is 5.15. The molecule has 124 valence electrons. The molecule has 1 rings (SSSR count). The van der Waals surface area contributed by atoms with E-state index in [4.69, 9.17) is 5.26 Å². The molecule has 0 aliphatic heterocycles. The zero-order valence-corrected chi connectivity index (χ0v) is 14.8. The van der Waals surface area contributed by atoms with Crippen LogP contribution in [-0.2, 0) is 14.3 Å². The number of benzene rings is 1. The molecule has 1 aromatic rings. The van der Waals surface area contributed by atoms with Gasteiger partial charge in [0.25, 0.3) is 0 Å². The number of anilines is 1. The summed E-state index contributed by atoms with van der Waals surface area (Å²) in [6, 6.07) is 7.84. The Hall–Kier alpha value is -2.00. The Morgan fingerprint density at radius 1 is 1.39 bits per heavy atom. The van der Waals surface area contributed by atoms with Crippen LogP contribution in [0.4, 0.5) is 5.69 Å². The molecule has 0 fully saturated rings. The number of ether oxygens (including phenoxy) is 1. The first kappa shape index (κ1) is 19.0. The van der Waals surface area contributed by atoms with Crippen molar-refractivity contribution in [1.29, 1.82) is 5.26 Å². The molecule has 23 heavy (non-hydrogen) atoms. The molecule has 0 saturated carbocycles. The van der Waals surface area contributed by atoms with Gasteiger partial charge in [-0.05, 0) is 38.0 Å². The molecule has 0 spiro atoms. The van der Waals surface area contributed by atoms with Crippen molar-refractivity contribution in [2.75, 3.05) is 24.3 Å². The molecule has 0 aliphatic carbocycles. The number of hydrogen-bond donors (Lipinski definition) is 0. The molecule has 1 amide bonds. The minimum atomic E-state index is -0.402. The molecule has 5 nitrogen and oxygen atoms in total. The summed E-state index contributed by atoms with van der Waals surface area (Å²) >= 11 is 1.24. The Morgan fingerprint density at radius 2 is 2.09 bits per heavy atom. The summed E-state index contributed by atoms with van der Waals surface area (Å²) in [5.74, 6) is -0.303. The van der Waals surface area contributed by atoms with E-state index in [1.54, 1.807) is 11.8 Å². The Kier molecular flexibility index (Phi) is 7.63. The minimum absolute atomic E-state index is 0.116. The van der Waals surface area contributed by atoms with Gasteiger partial charge in [-0.3, -0.25) is 9.59 Å². The van der Waals surface area contributed by atoms with E-state index in [1.165, 1.54) is 18.9 Å². The number of rotatable bonds is 7. The van der Waals surface area contributed by atoms with Gasteiger partial charge in [-0.1, -0.05) is 12.1 Å². The molecule has 1 unspecified atom stereocenters. The van der Waals surface area contributed by atoms with Gasteiger partial charge in [0.1, 0.15) is 5.25 Å². The van der Waals surface area contributed by atoms with Crippen LogP contribution >= 0.6 is 11.8 Å². The fourth-order valence-electron chi connectivity index (χ4n) is 2.08. The number of esters is 1. The van der Waals surface area contributed by atoms with Gasteiger partial charge < -0.3 is 9.64 Å². The number of thioether (sulfide) groups is 1. The molecule has 0 heterocycles. The summed E-state index contributed by atoms with van der Waals surface area (Å²) in [6.07, 6.45) is 0.260. The molecule has 1 atom stereocenters. The highest BCUT2D eigenvalue weighted by molar-refractivity contribution is 8.01. The topological polar surface area (TPSA) is 70.4 Å². The maximum Gasteiger partial charge on any atom is 0.318 e. The fraction of sp³-hybridized carbons (Fsp3) is 0.471. The zero-order valence-electron chi connectivity index (χ0n) is 14.0. The zero-order chi connectivity index (χ0) is 17.4. The van der Waals surface area contributed by atoms with E-state index in [-0.39, 0.29) is 24.1 Å². The first-order chi connectivity index (χ1) is 10.9. The van der Waals surface area contributed by atoms with Crippen LogP contribution in [0.3, 0.4) is 0 Å². The van der Waals surface area contributed by atoms with Gasteiger partial charge in [-0.2, -0.15) is 5.26 Å². The van der Waals surface area contributed by atoms with Crippen LogP contribution in [0.5, 0.6) is 0 Å². The smallest absolute Gasteiger partial charge is 0.318 e. The van der Waals surface area contributed by atoms with E-state index in [0.717, 1.165) is 16.8 Å². The summed E-state index contributed by atoms with van der Waals surface area (Å²) in [4.78, 5) is 25.6. The lowest BCUT2D eigenvalue weighted by molar-refractivity contribution is -0.139. The lowest BCUT2D eigenvalue weighted by atomic mass is 10.1. The van der Waals surface area contributed by atoms with Crippen LogP contribution in [0.25, 0.3) is 0 Å². The van der Waals surface area contributed by atoms with Crippen molar-refractivity contribution in [3.63, 3.8) is 0 Å². The number of carbonyl (C=O) groups excluding carboxylic acids is 2. The lowest BCUT2D eigenvalue weighted by Crippen LogP contribution is -2.34. The molecule has 0 bridgehead atoms.